The lowest BCUT2D eigenvalue weighted by molar-refractivity contribution is 0.238. The van der Waals surface area contributed by atoms with Crippen LogP contribution in [0.5, 0.6) is 0 Å². The Bertz CT molecular complexity index is 1120. The first kappa shape index (κ1) is 25.4. The van der Waals surface area contributed by atoms with E-state index in [4.69, 9.17) is 15.1 Å². The van der Waals surface area contributed by atoms with E-state index in [0.717, 1.165) is 80.5 Å². The molecule has 2 fully saturated rings. The molecule has 2 aliphatic rings. The van der Waals surface area contributed by atoms with Gasteiger partial charge >= 0.3 is 0 Å². The van der Waals surface area contributed by atoms with Gasteiger partial charge in [-0.05, 0) is 44.3 Å². The second-order valence-electron chi connectivity index (χ2n) is 10.0. The number of benzene rings is 1. The number of hydrogen-bond donors (Lipinski definition) is 3. The van der Waals surface area contributed by atoms with Crippen LogP contribution in [0.3, 0.4) is 0 Å². The van der Waals surface area contributed by atoms with Crippen LogP contribution in [0, 0.1) is 5.92 Å². The number of nitrogens with one attached hydrogen (secondary N) is 1. The predicted octanol–water partition coefficient (Wildman–Crippen LogP) is 2.66. The number of aromatic nitrogens is 2. The number of nitrogens with zero attached hydrogens (tertiary/aromatic N) is 5. The van der Waals surface area contributed by atoms with Gasteiger partial charge in [0.05, 0.1) is 12.0 Å². The largest absolute Gasteiger partial charge is 0.396 e. The smallest absolute Gasteiger partial charge is 0.228 e. The number of anilines is 2. The number of likely N-dealkylation sites (N-methyl/N-ethyl adjacent to an activating group) is 1. The van der Waals surface area contributed by atoms with E-state index in [1.165, 1.54) is 11.1 Å². The molecule has 2 aliphatic heterocycles. The summed E-state index contributed by atoms with van der Waals surface area (Å²) in [5, 5.41) is 25.8. The highest BCUT2D eigenvalue weighted by atomic mass is 32.1. The fraction of sp³-hybridized carbons (Fsp3) is 0.556. The zero-order chi connectivity index (χ0) is 24.9. The van der Waals surface area contributed by atoms with Gasteiger partial charge in [0.2, 0.25) is 5.95 Å². The molecule has 0 radical (unpaired) electrons. The maximum atomic E-state index is 9.95. The van der Waals surface area contributed by atoms with Crippen LogP contribution in [0.15, 0.2) is 35.7 Å². The molecule has 4 heterocycles. The van der Waals surface area contributed by atoms with Gasteiger partial charge in [0.1, 0.15) is 10.6 Å². The number of fused-ring (bicyclic) bond motifs is 1. The van der Waals surface area contributed by atoms with Crippen molar-refractivity contribution in [3.8, 4) is 11.1 Å². The molecule has 2 saturated heterocycles. The highest BCUT2D eigenvalue weighted by Gasteiger charge is 2.32. The zero-order valence-corrected chi connectivity index (χ0v) is 22.0. The Morgan fingerprint density at radius 3 is 2.58 bits per heavy atom. The molecule has 9 heteroatoms. The second kappa shape index (κ2) is 11.8. The molecule has 0 spiro atoms. The molecule has 1 aromatic carbocycles. The minimum Gasteiger partial charge on any atom is -0.396 e. The van der Waals surface area contributed by atoms with E-state index < -0.39 is 0 Å². The highest BCUT2D eigenvalue weighted by molar-refractivity contribution is 7.17. The molecular weight excluding hydrogens is 472 g/mol. The van der Waals surface area contributed by atoms with Gasteiger partial charge in [0.25, 0.3) is 0 Å². The lowest BCUT2D eigenvalue weighted by atomic mass is 9.89. The second-order valence-corrected chi connectivity index (χ2v) is 10.9. The van der Waals surface area contributed by atoms with Crippen molar-refractivity contribution in [1.29, 1.82) is 0 Å². The van der Waals surface area contributed by atoms with Crippen molar-refractivity contribution >= 4 is 33.3 Å². The summed E-state index contributed by atoms with van der Waals surface area (Å²) in [6.45, 7) is 6.62. The first-order valence-electron chi connectivity index (χ1n) is 13.1. The quantitative estimate of drug-likeness (QED) is 0.379. The summed E-state index contributed by atoms with van der Waals surface area (Å²) in [6, 6.07) is 10.7. The Kier molecular flexibility index (Phi) is 8.33. The van der Waals surface area contributed by atoms with Crippen LogP contribution in [0.25, 0.3) is 21.3 Å². The highest BCUT2D eigenvalue weighted by Crippen LogP contribution is 2.41. The van der Waals surface area contributed by atoms with Crippen molar-refractivity contribution in [2.45, 2.75) is 25.3 Å². The number of rotatable bonds is 9. The summed E-state index contributed by atoms with van der Waals surface area (Å²) in [6.07, 6.45) is 2.77. The fourth-order valence-electron chi connectivity index (χ4n) is 5.50. The molecule has 3 aromatic rings. The maximum absolute atomic E-state index is 9.95. The van der Waals surface area contributed by atoms with E-state index >= 15 is 0 Å². The van der Waals surface area contributed by atoms with Gasteiger partial charge in [-0.3, -0.25) is 0 Å². The number of thiophene rings is 1. The van der Waals surface area contributed by atoms with Crippen LogP contribution < -0.4 is 15.1 Å². The van der Waals surface area contributed by atoms with Crippen molar-refractivity contribution in [3.05, 3.63) is 35.7 Å². The summed E-state index contributed by atoms with van der Waals surface area (Å²) in [7, 11) is 2.16. The van der Waals surface area contributed by atoms with Gasteiger partial charge in [-0.15, -0.1) is 11.3 Å². The van der Waals surface area contributed by atoms with Crippen molar-refractivity contribution < 1.29 is 10.2 Å². The van der Waals surface area contributed by atoms with Crippen LogP contribution in [-0.4, -0.2) is 97.2 Å². The van der Waals surface area contributed by atoms with E-state index in [-0.39, 0.29) is 19.3 Å². The van der Waals surface area contributed by atoms with Crippen molar-refractivity contribution in [2.24, 2.45) is 5.92 Å². The predicted molar refractivity (Wildman–Crippen MR) is 148 cm³/mol. The Balaban J connectivity index is 1.54. The third kappa shape index (κ3) is 5.50. The molecule has 8 nitrogen and oxygen atoms in total. The van der Waals surface area contributed by atoms with Crippen LogP contribution in [0.1, 0.15) is 19.3 Å². The number of aliphatic hydroxyl groups excluding tert-OH is 2. The summed E-state index contributed by atoms with van der Waals surface area (Å²) >= 11 is 1.70. The van der Waals surface area contributed by atoms with Crippen LogP contribution in [0.4, 0.5) is 11.8 Å². The molecule has 0 saturated carbocycles. The molecule has 5 rings (SSSR count). The van der Waals surface area contributed by atoms with Crippen molar-refractivity contribution in [3.63, 3.8) is 0 Å². The number of piperidine rings is 1. The molecule has 36 heavy (non-hydrogen) atoms. The molecule has 0 bridgehead atoms. The van der Waals surface area contributed by atoms with Crippen LogP contribution in [-0.2, 0) is 0 Å². The van der Waals surface area contributed by atoms with Gasteiger partial charge < -0.3 is 30.2 Å². The number of hydrogen-bond acceptors (Lipinski definition) is 9. The average molecular weight is 511 g/mol. The average Bonchev–Trinajstić information content (AvgIpc) is 3.34. The summed E-state index contributed by atoms with van der Waals surface area (Å²) in [5.74, 6) is 2.35. The van der Waals surface area contributed by atoms with Gasteiger partial charge in [0.15, 0.2) is 0 Å². The van der Waals surface area contributed by atoms with Crippen molar-refractivity contribution in [1.82, 2.24) is 20.2 Å². The number of aliphatic hydroxyl groups is 2. The molecular formula is C27H38N6O2S. The zero-order valence-electron chi connectivity index (χ0n) is 21.1. The summed E-state index contributed by atoms with van der Waals surface area (Å²) < 4.78 is 0. The molecule has 2 aromatic heterocycles. The van der Waals surface area contributed by atoms with E-state index in [1.807, 2.05) is 6.07 Å². The van der Waals surface area contributed by atoms with Gasteiger partial charge in [0, 0.05) is 62.9 Å². The molecule has 3 N–H and O–H groups in total. The normalized spacial score (nSPS) is 21.4. The molecule has 2 atom stereocenters. The van der Waals surface area contributed by atoms with E-state index in [9.17, 15) is 5.11 Å². The molecule has 194 valence electrons. The van der Waals surface area contributed by atoms with E-state index in [2.05, 4.69) is 56.7 Å². The lowest BCUT2D eigenvalue weighted by Crippen LogP contribution is -2.47. The minimum atomic E-state index is 0.159. The van der Waals surface area contributed by atoms with Crippen LogP contribution in [0.2, 0.25) is 0 Å². The minimum absolute atomic E-state index is 0.159. The topological polar surface area (TPSA) is 88.0 Å². The Hall–Kier alpha value is -2.30. The van der Waals surface area contributed by atoms with Gasteiger partial charge in [-0.25, -0.2) is 4.98 Å². The van der Waals surface area contributed by atoms with Gasteiger partial charge in [-0.1, -0.05) is 30.3 Å². The molecule has 0 amide bonds. The van der Waals surface area contributed by atoms with Gasteiger partial charge in [-0.2, -0.15) is 4.98 Å². The lowest BCUT2D eigenvalue weighted by Gasteiger charge is -2.41. The summed E-state index contributed by atoms with van der Waals surface area (Å²) in [5.41, 5.74) is 2.37. The first-order valence-corrected chi connectivity index (χ1v) is 14.0. The molecule has 0 aliphatic carbocycles. The Morgan fingerprint density at radius 1 is 1.03 bits per heavy atom. The van der Waals surface area contributed by atoms with E-state index in [0.29, 0.717) is 12.5 Å². The third-order valence-corrected chi connectivity index (χ3v) is 8.43. The SMILES string of the molecule is CN1CCN(c2nc(N3CCC(CNCCO)CC3CCO)c3c(-c4ccccc4)csc3n2)CC1. The summed E-state index contributed by atoms with van der Waals surface area (Å²) in [4.78, 5) is 18.5. The monoisotopic (exact) mass is 510 g/mol. The standard InChI is InChI=1S/C27H38N6O2S/c1-31-11-13-32(14-12-31)27-29-25(24-23(19-36-26(24)30-27)21-5-3-2-4-6-21)33-10-7-20(18-28-9-16-35)17-22(33)8-15-34/h2-6,19-20,22,28,34-35H,7-18H2,1H3. The fourth-order valence-corrected chi connectivity index (χ4v) is 6.44. The van der Waals surface area contributed by atoms with Crippen LogP contribution >= 0.6 is 11.3 Å². The van der Waals surface area contributed by atoms with Crippen molar-refractivity contribution in [2.75, 3.05) is 75.9 Å². The Labute approximate surface area is 217 Å². The maximum Gasteiger partial charge on any atom is 0.228 e. The number of piperazine rings is 1. The first-order chi connectivity index (χ1) is 17.7. The Morgan fingerprint density at radius 2 is 1.83 bits per heavy atom. The third-order valence-electron chi connectivity index (χ3n) is 7.55. The molecule has 2 unspecified atom stereocenters. The van der Waals surface area contributed by atoms with E-state index in [1.54, 1.807) is 11.3 Å².